The van der Waals surface area contributed by atoms with Gasteiger partial charge in [-0.2, -0.15) is 0 Å². The van der Waals surface area contributed by atoms with Gasteiger partial charge in [-0.25, -0.2) is 0 Å². The van der Waals surface area contributed by atoms with Crippen molar-refractivity contribution in [1.82, 2.24) is 4.90 Å². The molecule has 6 heteroatoms. The van der Waals surface area contributed by atoms with Crippen molar-refractivity contribution in [3.05, 3.63) is 53.3 Å². The second-order valence-corrected chi connectivity index (χ2v) is 6.56. The largest absolute Gasteiger partial charge is 0.497 e. The minimum Gasteiger partial charge on any atom is -0.497 e. The Morgan fingerprint density at radius 2 is 1.75 bits per heavy atom. The quantitative estimate of drug-likeness (QED) is 0.615. The highest BCUT2D eigenvalue weighted by molar-refractivity contribution is 6.07. The third-order valence-corrected chi connectivity index (χ3v) is 4.82. The highest BCUT2D eigenvalue weighted by Gasteiger charge is 2.22. The summed E-state index contributed by atoms with van der Waals surface area (Å²) in [6, 6.07) is 11.3. The van der Waals surface area contributed by atoms with Gasteiger partial charge in [0.1, 0.15) is 17.1 Å². The minimum atomic E-state index is -0.0787. The van der Waals surface area contributed by atoms with Crippen molar-refractivity contribution >= 4 is 16.9 Å². The van der Waals surface area contributed by atoms with Gasteiger partial charge >= 0.3 is 0 Å². The fourth-order valence-electron chi connectivity index (χ4n) is 3.22. The van der Waals surface area contributed by atoms with Crippen molar-refractivity contribution in [3.63, 3.8) is 0 Å². The average Bonchev–Trinajstić information content (AvgIpc) is 3.05. The van der Waals surface area contributed by atoms with Gasteiger partial charge < -0.3 is 23.5 Å². The van der Waals surface area contributed by atoms with Crippen LogP contribution in [0.1, 0.15) is 21.7 Å². The van der Waals surface area contributed by atoms with Gasteiger partial charge in [-0.15, -0.1) is 0 Å². The van der Waals surface area contributed by atoms with Gasteiger partial charge in [0.05, 0.1) is 26.9 Å². The number of nitrogens with zero attached hydrogens (tertiary/aromatic N) is 1. The molecule has 1 amide bonds. The molecule has 3 rings (SSSR count). The number of carbonyl (C=O) groups is 1. The Hall–Kier alpha value is -3.15. The molecule has 0 aliphatic heterocycles. The van der Waals surface area contributed by atoms with E-state index >= 15 is 0 Å². The number of aryl methyl sites for hydroxylation is 1. The predicted molar refractivity (Wildman–Crippen MR) is 108 cm³/mol. The van der Waals surface area contributed by atoms with E-state index in [0.717, 1.165) is 10.9 Å². The van der Waals surface area contributed by atoms with Crippen LogP contribution in [0.3, 0.4) is 0 Å². The van der Waals surface area contributed by atoms with Crippen LogP contribution < -0.4 is 14.2 Å². The van der Waals surface area contributed by atoms with Crippen LogP contribution in [0.15, 0.2) is 40.8 Å². The van der Waals surface area contributed by atoms with E-state index in [2.05, 4.69) is 0 Å². The molecule has 1 heterocycles. The Labute approximate surface area is 164 Å². The maximum atomic E-state index is 13.1. The lowest BCUT2D eigenvalue weighted by Gasteiger charge is -2.18. The summed E-state index contributed by atoms with van der Waals surface area (Å²) in [7, 11) is 6.61. The van der Waals surface area contributed by atoms with Crippen LogP contribution in [0.5, 0.6) is 17.2 Å². The topological polar surface area (TPSA) is 61.1 Å². The molecule has 0 saturated carbocycles. The lowest BCUT2D eigenvalue weighted by molar-refractivity contribution is 0.0796. The number of ether oxygens (including phenoxy) is 3. The van der Waals surface area contributed by atoms with Crippen molar-refractivity contribution in [2.75, 3.05) is 34.9 Å². The van der Waals surface area contributed by atoms with E-state index in [-0.39, 0.29) is 5.91 Å². The first-order valence-corrected chi connectivity index (χ1v) is 9.02. The smallest absolute Gasteiger partial charge is 0.257 e. The standard InChI is InChI=1S/C22H25NO5/c1-14-21(17-13-16(25-3)7-9-18(17)28-14)22(24)23(2)11-10-15-6-8-19(26-4)20(12-15)27-5/h6-9,12-13H,10-11H2,1-5H3. The van der Waals surface area contributed by atoms with E-state index in [1.54, 1.807) is 33.3 Å². The molecule has 148 valence electrons. The second-order valence-electron chi connectivity index (χ2n) is 6.56. The summed E-state index contributed by atoms with van der Waals surface area (Å²) in [6.45, 7) is 2.37. The lowest BCUT2D eigenvalue weighted by Crippen LogP contribution is -2.29. The van der Waals surface area contributed by atoms with Crippen LogP contribution in [0, 0.1) is 6.92 Å². The zero-order chi connectivity index (χ0) is 20.3. The molecule has 28 heavy (non-hydrogen) atoms. The normalized spacial score (nSPS) is 10.8. The SMILES string of the molecule is COc1ccc2oc(C)c(C(=O)N(C)CCc3ccc(OC)c(OC)c3)c2c1. The van der Waals surface area contributed by atoms with Gasteiger partial charge in [-0.3, -0.25) is 4.79 Å². The molecule has 0 aliphatic carbocycles. The molecule has 0 N–H and O–H groups in total. The van der Waals surface area contributed by atoms with Gasteiger partial charge in [0.25, 0.3) is 5.91 Å². The zero-order valence-electron chi connectivity index (χ0n) is 16.9. The molecule has 0 fully saturated rings. The van der Waals surface area contributed by atoms with E-state index in [0.29, 0.717) is 47.1 Å². The lowest BCUT2D eigenvalue weighted by atomic mass is 10.1. The Morgan fingerprint density at radius 3 is 2.43 bits per heavy atom. The highest BCUT2D eigenvalue weighted by Crippen LogP contribution is 2.30. The Balaban J connectivity index is 1.78. The Bertz CT molecular complexity index is 992. The summed E-state index contributed by atoms with van der Waals surface area (Å²) in [4.78, 5) is 14.8. The van der Waals surface area contributed by atoms with Crippen molar-refractivity contribution in [2.45, 2.75) is 13.3 Å². The number of hydrogen-bond donors (Lipinski definition) is 0. The number of hydrogen-bond acceptors (Lipinski definition) is 5. The first-order valence-electron chi connectivity index (χ1n) is 9.02. The van der Waals surface area contributed by atoms with Gasteiger partial charge in [0, 0.05) is 19.0 Å². The molecule has 0 atom stereocenters. The fourth-order valence-corrected chi connectivity index (χ4v) is 3.22. The predicted octanol–water partition coefficient (Wildman–Crippen LogP) is 4.08. The van der Waals surface area contributed by atoms with Crippen LogP contribution >= 0.6 is 0 Å². The number of benzene rings is 2. The molecule has 0 spiro atoms. The molecular formula is C22H25NO5. The maximum Gasteiger partial charge on any atom is 0.257 e. The van der Waals surface area contributed by atoms with E-state index in [4.69, 9.17) is 18.6 Å². The summed E-state index contributed by atoms with van der Waals surface area (Å²) >= 11 is 0. The monoisotopic (exact) mass is 383 g/mol. The molecule has 0 unspecified atom stereocenters. The third kappa shape index (κ3) is 3.76. The van der Waals surface area contributed by atoms with Gasteiger partial charge in [-0.1, -0.05) is 6.07 Å². The maximum absolute atomic E-state index is 13.1. The number of amides is 1. The molecule has 3 aromatic rings. The Kier molecular flexibility index (Phi) is 5.78. The summed E-state index contributed by atoms with van der Waals surface area (Å²) in [5, 5.41) is 0.764. The molecule has 1 aromatic heterocycles. The van der Waals surface area contributed by atoms with Crippen LogP contribution in [0.4, 0.5) is 0 Å². The number of likely N-dealkylation sites (N-methyl/N-ethyl adjacent to an activating group) is 1. The number of furan rings is 1. The van der Waals surface area contributed by atoms with Crippen molar-refractivity contribution in [2.24, 2.45) is 0 Å². The van der Waals surface area contributed by atoms with Crippen LogP contribution in [-0.4, -0.2) is 45.7 Å². The summed E-state index contributed by atoms with van der Waals surface area (Å²) in [6.07, 6.45) is 0.695. The number of rotatable bonds is 7. The molecule has 0 aliphatic rings. The fraction of sp³-hybridized carbons (Fsp3) is 0.318. The Morgan fingerprint density at radius 1 is 1.00 bits per heavy atom. The summed E-state index contributed by atoms with van der Waals surface area (Å²) in [5.41, 5.74) is 2.31. The molecule has 0 radical (unpaired) electrons. The average molecular weight is 383 g/mol. The van der Waals surface area contributed by atoms with Crippen LogP contribution in [0.25, 0.3) is 11.0 Å². The first-order chi connectivity index (χ1) is 13.5. The number of fused-ring (bicyclic) bond motifs is 1. The minimum absolute atomic E-state index is 0.0787. The van der Waals surface area contributed by atoms with Crippen molar-refractivity contribution < 1.29 is 23.4 Å². The third-order valence-electron chi connectivity index (χ3n) is 4.82. The second kappa shape index (κ2) is 8.25. The van der Waals surface area contributed by atoms with Gasteiger partial charge in [-0.05, 0) is 49.2 Å². The van der Waals surface area contributed by atoms with E-state index in [9.17, 15) is 4.79 Å². The van der Waals surface area contributed by atoms with Crippen LogP contribution in [0.2, 0.25) is 0 Å². The first kappa shape index (κ1) is 19.6. The van der Waals surface area contributed by atoms with E-state index in [1.807, 2.05) is 43.3 Å². The van der Waals surface area contributed by atoms with Gasteiger partial charge in [0.2, 0.25) is 0 Å². The highest BCUT2D eigenvalue weighted by atomic mass is 16.5. The zero-order valence-corrected chi connectivity index (χ0v) is 16.9. The van der Waals surface area contributed by atoms with E-state index in [1.165, 1.54) is 0 Å². The molecule has 2 aromatic carbocycles. The summed E-state index contributed by atoms with van der Waals surface area (Å²) < 4.78 is 21.7. The molecule has 6 nitrogen and oxygen atoms in total. The van der Waals surface area contributed by atoms with Crippen molar-refractivity contribution in [3.8, 4) is 17.2 Å². The van der Waals surface area contributed by atoms with Crippen molar-refractivity contribution in [1.29, 1.82) is 0 Å². The molecule has 0 saturated heterocycles. The molecule has 0 bridgehead atoms. The van der Waals surface area contributed by atoms with Crippen LogP contribution in [-0.2, 0) is 6.42 Å². The summed E-state index contributed by atoms with van der Waals surface area (Å²) in [5.74, 6) is 2.58. The van der Waals surface area contributed by atoms with E-state index < -0.39 is 0 Å². The number of carbonyl (C=O) groups excluding carboxylic acids is 1. The molecular weight excluding hydrogens is 358 g/mol. The number of methoxy groups -OCH3 is 3. The van der Waals surface area contributed by atoms with Gasteiger partial charge in [0.15, 0.2) is 11.5 Å².